The summed E-state index contributed by atoms with van der Waals surface area (Å²) < 4.78 is 18.6. The predicted molar refractivity (Wildman–Crippen MR) is 58.7 cm³/mol. The Morgan fingerprint density at radius 1 is 1.47 bits per heavy atom. The minimum Gasteiger partial charge on any atom is -0.491 e. The van der Waals surface area contributed by atoms with Crippen LogP contribution in [0.5, 0.6) is 5.75 Å². The van der Waals surface area contributed by atoms with Crippen LogP contribution in [0.4, 0.5) is 4.39 Å². The average molecular weight is 223 g/mol. The summed E-state index contributed by atoms with van der Waals surface area (Å²) in [7, 11) is 0. The molecule has 0 saturated heterocycles. The highest BCUT2D eigenvalue weighted by molar-refractivity contribution is 7.07. The van der Waals surface area contributed by atoms with Crippen molar-refractivity contribution in [2.45, 2.75) is 6.92 Å². The fourth-order valence-electron chi connectivity index (χ4n) is 1.29. The normalized spacial score (nSPS) is 10.3. The predicted octanol–water partition coefficient (Wildman–Crippen LogP) is 3.35. The zero-order chi connectivity index (χ0) is 10.7. The lowest BCUT2D eigenvalue weighted by molar-refractivity contribution is 0.321. The van der Waals surface area contributed by atoms with Gasteiger partial charge in [0.2, 0.25) is 0 Å². The number of rotatable bonds is 3. The summed E-state index contributed by atoms with van der Waals surface area (Å²) in [5.41, 5.74) is 3.29. The molecule has 0 aliphatic carbocycles. The molecule has 0 unspecified atom stereocenters. The lowest BCUT2D eigenvalue weighted by atomic mass is 10.1. The molecule has 0 aliphatic rings. The standard InChI is InChI=1S/C11H10FNOS/c1-2-14-11-4-3-8(5-9(11)12)10-6-15-7-13-10/h3-7H,2H2,1H3. The van der Waals surface area contributed by atoms with Crippen molar-refractivity contribution in [1.82, 2.24) is 4.98 Å². The Morgan fingerprint density at radius 2 is 2.33 bits per heavy atom. The summed E-state index contributed by atoms with van der Waals surface area (Å²) in [6.07, 6.45) is 0. The zero-order valence-corrected chi connectivity index (χ0v) is 9.05. The number of ether oxygens (including phenoxy) is 1. The maximum absolute atomic E-state index is 13.5. The van der Waals surface area contributed by atoms with E-state index in [-0.39, 0.29) is 11.6 Å². The van der Waals surface area contributed by atoms with Gasteiger partial charge in [0, 0.05) is 10.9 Å². The summed E-state index contributed by atoms with van der Waals surface area (Å²) in [4.78, 5) is 4.11. The molecule has 78 valence electrons. The molecule has 0 saturated carbocycles. The van der Waals surface area contributed by atoms with Gasteiger partial charge in [-0.3, -0.25) is 0 Å². The summed E-state index contributed by atoms with van der Waals surface area (Å²) in [5, 5.41) is 1.88. The topological polar surface area (TPSA) is 22.1 Å². The summed E-state index contributed by atoms with van der Waals surface area (Å²) in [5.74, 6) is -0.0566. The van der Waals surface area contributed by atoms with Gasteiger partial charge in [0.1, 0.15) is 0 Å². The second kappa shape index (κ2) is 4.40. The quantitative estimate of drug-likeness (QED) is 0.796. The third-order valence-corrected chi connectivity index (χ3v) is 2.55. The highest BCUT2D eigenvalue weighted by Crippen LogP contribution is 2.25. The fourth-order valence-corrected chi connectivity index (χ4v) is 1.85. The maximum atomic E-state index is 13.5. The van der Waals surface area contributed by atoms with E-state index in [1.165, 1.54) is 17.4 Å². The molecule has 0 radical (unpaired) electrons. The Morgan fingerprint density at radius 3 is 2.93 bits per heavy atom. The largest absolute Gasteiger partial charge is 0.491 e. The minimum atomic E-state index is -0.345. The SMILES string of the molecule is CCOc1ccc(-c2cscn2)cc1F. The third-order valence-electron chi connectivity index (χ3n) is 1.96. The Kier molecular flexibility index (Phi) is 2.97. The van der Waals surface area contributed by atoms with Crippen molar-refractivity contribution < 1.29 is 9.13 Å². The molecule has 1 aromatic carbocycles. The van der Waals surface area contributed by atoms with E-state index in [4.69, 9.17) is 4.74 Å². The number of hydrogen-bond acceptors (Lipinski definition) is 3. The Labute approximate surface area is 91.4 Å². The summed E-state index contributed by atoms with van der Waals surface area (Å²) >= 11 is 1.49. The van der Waals surface area contributed by atoms with Crippen LogP contribution in [0.15, 0.2) is 29.1 Å². The van der Waals surface area contributed by atoms with Gasteiger partial charge in [-0.1, -0.05) is 0 Å². The molecule has 0 amide bonds. The van der Waals surface area contributed by atoms with Crippen LogP contribution in [0, 0.1) is 5.82 Å². The highest BCUT2D eigenvalue weighted by Gasteiger charge is 2.06. The van der Waals surface area contributed by atoms with Gasteiger partial charge >= 0.3 is 0 Å². The minimum absolute atomic E-state index is 0.288. The monoisotopic (exact) mass is 223 g/mol. The van der Waals surface area contributed by atoms with Gasteiger partial charge in [0.15, 0.2) is 11.6 Å². The van der Waals surface area contributed by atoms with Gasteiger partial charge < -0.3 is 4.74 Å². The number of hydrogen-bond donors (Lipinski definition) is 0. The first-order valence-corrected chi connectivity index (χ1v) is 5.56. The molecule has 15 heavy (non-hydrogen) atoms. The van der Waals surface area contributed by atoms with E-state index in [1.807, 2.05) is 18.4 Å². The molecule has 0 atom stereocenters. The first-order chi connectivity index (χ1) is 7.31. The fraction of sp³-hybridized carbons (Fsp3) is 0.182. The molecule has 0 bridgehead atoms. The molecule has 2 aromatic rings. The van der Waals surface area contributed by atoms with E-state index in [2.05, 4.69) is 4.98 Å². The second-order valence-corrected chi connectivity index (χ2v) is 3.67. The van der Waals surface area contributed by atoms with E-state index < -0.39 is 0 Å². The number of halogens is 1. The van der Waals surface area contributed by atoms with E-state index in [0.29, 0.717) is 6.61 Å². The summed E-state index contributed by atoms with van der Waals surface area (Å²) in [6, 6.07) is 4.89. The maximum Gasteiger partial charge on any atom is 0.165 e. The first-order valence-electron chi connectivity index (χ1n) is 4.62. The van der Waals surface area contributed by atoms with Crippen LogP contribution in [0.1, 0.15) is 6.92 Å². The highest BCUT2D eigenvalue weighted by atomic mass is 32.1. The van der Waals surface area contributed by atoms with Crippen molar-refractivity contribution in [1.29, 1.82) is 0 Å². The molecule has 1 heterocycles. The molecule has 1 aromatic heterocycles. The van der Waals surface area contributed by atoms with Crippen LogP contribution in [0.2, 0.25) is 0 Å². The molecule has 4 heteroatoms. The molecule has 0 N–H and O–H groups in total. The van der Waals surface area contributed by atoms with Gasteiger partial charge in [-0.25, -0.2) is 9.37 Å². The number of benzene rings is 1. The lowest BCUT2D eigenvalue weighted by Crippen LogP contribution is -1.94. The van der Waals surface area contributed by atoms with Gasteiger partial charge in [0.05, 0.1) is 17.8 Å². The van der Waals surface area contributed by atoms with E-state index >= 15 is 0 Å². The van der Waals surface area contributed by atoms with Crippen LogP contribution in [-0.4, -0.2) is 11.6 Å². The summed E-state index contributed by atoms with van der Waals surface area (Å²) in [6.45, 7) is 2.29. The number of thiazole rings is 1. The third kappa shape index (κ3) is 2.15. The van der Waals surface area contributed by atoms with Crippen molar-refractivity contribution in [2.24, 2.45) is 0 Å². The van der Waals surface area contributed by atoms with Gasteiger partial charge in [-0.15, -0.1) is 11.3 Å². The van der Waals surface area contributed by atoms with Crippen molar-refractivity contribution in [3.05, 3.63) is 34.9 Å². The van der Waals surface area contributed by atoms with Crippen LogP contribution in [-0.2, 0) is 0 Å². The van der Waals surface area contributed by atoms with Gasteiger partial charge in [-0.05, 0) is 25.1 Å². The van der Waals surface area contributed by atoms with Gasteiger partial charge in [-0.2, -0.15) is 0 Å². The van der Waals surface area contributed by atoms with E-state index in [1.54, 1.807) is 11.6 Å². The molecule has 0 aliphatic heterocycles. The molecule has 2 rings (SSSR count). The van der Waals surface area contributed by atoms with E-state index in [9.17, 15) is 4.39 Å². The molecule has 2 nitrogen and oxygen atoms in total. The Hall–Kier alpha value is -1.42. The number of nitrogens with zero attached hydrogens (tertiary/aromatic N) is 1. The number of aromatic nitrogens is 1. The molecule has 0 fully saturated rings. The van der Waals surface area contributed by atoms with Crippen LogP contribution in [0.25, 0.3) is 11.3 Å². The Balaban J connectivity index is 2.33. The lowest BCUT2D eigenvalue weighted by Gasteiger charge is -2.05. The van der Waals surface area contributed by atoms with Crippen molar-refractivity contribution >= 4 is 11.3 Å². The van der Waals surface area contributed by atoms with Crippen LogP contribution in [0.3, 0.4) is 0 Å². The molecule has 0 spiro atoms. The first kappa shape index (κ1) is 10.1. The molecular formula is C11H10FNOS. The van der Waals surface area contributed by atoms with Crippen LogP contribution < -0.4 is 4.74 Å². The van der Waals surface area contributed by atoms with Crippen molar-refractivity contribution in [2.75, 3.05) is 6.61 Å². The second-order valence-electron chi connectivity index (χ2n) is 2.95. The Bertz CT molecular complexity index is 442. The van der Waals surface area contributed by atoms with Crippen molar-refractivity contribution in [3.63, 3.8) is 0 Å². The van der Waals surface area contributed by atoms with Crippen molar-refractivity contribution in [3.8, 4) is 17.0 Å². The van der Waals surface area contributed by atoms with E-state index in [0.717, 1.165) is 11.3 Å². The molecular weight excluding hydrogens is 213 g/mol. The van der Waals surface area contributed by atoms with Gasteiger partial charge in [0.25, 0.3) is 0 Å². The van der Waals surface area contributed by atoms with Crippen LogP contribution >= 0.6 is 11.3 Å². The zero-order valence-electron chi connectivity index (χ0n) is 8.24. The average Bonchev–Trinajstić information content (AvgIpc) is 2.74. The smallest absolute Gasteiger partial charge is 0.165 e.